The molecule has 3 aliphatic heterocycles. The van der Waals surface area contributed by atoms with Gasteiger partial charge in [-0.15, -0.1) is 0 Å². The van der Waals surface area contributed by atoms with E-state index in [1.165, 1.54) is 11.7 Å². The van der Waals surface area contributed by atoms with Gasteiger partial charge in [0.1, 0.15) is 36.5 Å². The number of carbonyl (C=O) groups excluding carboxylic acids is 1. The van der Waals surface area contributed by atoms with E-state index in [2.05, 4.69) is 72.9 Å². The predicted molar refractivity (Wildman–Crippen MR) is 319 cm³/mol. The first-order chi connectivity index (χ1) is 40.1. The van der Waals surface area contributed by atoms with E-state index in [4.69, 9.17) is 28.4 Å². The van der Waals surface area contributed by atoms with E-state index < -0.39 is 29.1 Å². The van der Waals surface area contributed by atoms with Crippen LogP contribution < -0.4 is 40.8 Å². The standard InChI is InChI=1S/C60H77F3N10O8S2/c1-59(2,42-64)44-14-16-53(56(35-44)76-4)67-19-7-10-48-38-51-52(12-6-13-54(51)73(48)43-60(61,62)63)69-47-36-46(40-70(3)41-47)66-21-27-77-29-31-79-32-30-78-28-22-68-58(74)18-20-65-45-9-5-11-49(37-45)82-71-23-8-24-72(26-25-71)83(75)50-15-17-55-57(39-50)81-34-33-80-55/h5-6,9,11-17,35,37-39,46-47,65-67,69H,8,18-34,36,40-41,43H2,1-4H3,(H,68,74). The topological polar surface area (TPSA) is 188 Å². The molecule has 0 radical (unpaired) electrons. The Kier molecular flexibility index (Phi) is 23.5. The highest BCUT2D eigenvalue weighted by atomic mass is 32.2. The fourth-order valence-corrected chi connectivity index (χ4v) is 12.2. The van der Waals surface area contributed by atoms with Crippen molar-refractivity contribution in [1.29, 1.82) is 5.26 Å². The molecular formula is C60H77F3N10O8S2. The maximum absolute atomic E-state index is 14.0. The van der Waals surface area contributed by atoms with Crippen molar-refractivity contribution in [2.45, 2.75) is 73.1 Å². The summed E-state index contributed by atoms with van der Waals surface area (Å²) in [6.07, 6.45) is -2.45. The van der Waals surface area contributed by atoms with Crippen molar-refractivity contribution in [3.05, 3.63) is 96.2 Å². The molecule has 1 amide bonds. The predicted octanol–water partition coefficient (Wildman–Crippen LogP) is 7.73. The molecule has 0 spiro atoms. The van der Waals surface area contributed by atoms with Crippen LogP contribution in [0.25, 0.3) is 10.9 Å². The second kappa shape index (κ2) is 31.1. The SMILES string of the molecule is COc1cc(C(C)(C)C#N)ccc1NCC#Cc1cc2c(NC3CC(NCCOCCOCCOCCNC(=O)CCNc4cccc(SN5CCCN(S(=O)c6ccc7c(c6)OCCO7)CC5)c4)CN(C)C3)cccc2n1CC(F)(F)F. The van der Waals surface area contributed by atoms with E-state index in [0.29, 0.717) is 124 Å². The number of fused-ring (bicyclic) bond motifs is 2. The third-order valence-electron chi connectivity index (χ3n) is 14.2. The van der Waals surface area contributed by atoms with Crippen LogP contribution >= 0.6 is 11.9 Å². The Balaban J connectivity index is 0.661. The largest absolute Gasteiger partial charge is 0.495 e. The lowest BCUT2D eigenvalue weighted by Gasteiger charge is -2.37. The fourth-order valence-electron chi connectivity index (χ4n) is 9.99. The number of piperidine rings is 1. The number of methoxy groups -OCH3 is 1. The van der Waals surface area contributed by atoms with Gasteiger partial charge in [-0.2, -0.15) is 18.4 Å². The van der Waals surface area contributed by atoms with Gasteiger partial charge < -0.3 is 64.5 Å². The minimum atomic E-state index is -4.46. The number of carbonyl (C=O) groups is 1. The number of benzene rings is 4. The van der Waals surface area contributed by atoms with Crippen LogP contribution in [-0.4, -0.2) is 179 Å². The lowest BCUT2D eigenvalue weighted by Crippen LogP contribution is -2.52. The Morgan fingerprint density at radius 2 is 1.58 bits per heavy atom. The van der Waals surface area contributed by atoms with E-state index in [1.807, 2.05) is 66.7 Å². The highest BCUT2D eigenvalue weighted by molar-refractivity contribution is 7.97. The average molecular weight is 1190 g/mol. The van der Waals surface area contributed by atoms with Gasteiger partial charge in [0.05, 0.1) is 86.6 Å². The molecule has 0 aliphatic carbocycles. The molecule has 2 fully saturated rings. The zero-order chi connectivity index (χ0) is 58.6. The van der Waals surface area contributed by atoms with Gasteiger partial charge in [-0.05, 0) is 118 Å². The van der Waals surface area contributed by atoms with Gasteiger partial charge in [-0.3, -0.25) is 4.79 Å². The number of nitrogens with zero attached hydrogens (tertiary/aromatic N) is 5. The second-order valence-electron chi connectivity index (χ2n) is 21.0. The Morgan fingerprint density at radius 1 is 0.819 bits per heavy atom. The molecule has 23 heteroatoms. The van der Waals surface area contributed by atoms with Crippen molar-refractivity contribution in [1.82, 2.24) is 28.7 Å². The summed E-state index contributed by atoms with van der Waals surface area (Å²) in [5, 5.41) is 26.9. The van der Waals surface area contributed by atoms with Crippen LogP contribution in [0.1, 0.15) is 44.4 Å². The second-order valence-corrected chi connectivity index (χ2v) is 23.6. The van der Waals surface area contributed by atoms with Crippen molar-refractivity contribution < 1.29 is 50.6 Å². The summed E-state index contributed by atoms with van der Waals surface area (Å²) in [5.41, 5.74) is 3.12. The molecule has 2 saturated heterocycles. The van der Waals surface area contributed by atoms with Crippen molar-refractivity contribution >= 4 is 56.8 Å². The Labute approximate surface area is 492 Å². The van der Waals surface area contributed by atoms with Crippen LogP contribution in [0.15, 0.2) is 94.7 Å². The first-order valence-corrected chi connectivity index (χ1v) is 30.1. The molecule has 0 bridgehead atoms. The molecular weight excluding hydrogens is 1110 g/mol. The summed E-state index contributed by atoms with van der Waals surface area (Å²) in [6, 6.07) is 28.7. The smallest absolute Gasteiger partial charge is 0.406 e. The molecule has 8 rings (SSSR count). The number of aromatic nitrogens is 1. The van der Waals surface area contributed by atoms with E-state index in [0.717, 1.165) is 67.4 Å². The number of likely N-dealkylation sites (tertiary alicyclic amines) is 1. The molecule has 4 aromatic carbocycles. The number of nitrogens with one attached hydrogen (secondary N) is 5. The van der Waals surface area contributed by atoms with Gasteiger partial charge in [0.15, 0.2) is 11.5 Å². The third-order valence-corrected chi connectivity index (χ3v) is 16.7. The molecule has 0 saturated carbocycles. The normalized spacial score (nSPS) is 17.4. The van der Waals surface area contributed by atoms with Crippen LogP contribution in [0.2, 0.25) is 0 Å². The van der Waals surface area contributed by atoms with Crippen LogP contribution in [0.4, 0.5) is 30.2 Å². The molecule has 1 aromatic heterocycles. The Morgan fingerprint density at radius 3 is 2.36 bits per heavy atom. The first-order valence-electron chi connectivity index (χ1n) is 28.2. The third kappa shape index (κ3) is 19.1. The summed E-state index contributed by atoms with van der Waals surface area (Å²) >= 11 is 1.69. The zero-order valence-electron chi connectivity index (χ0n) is 47.7. The van der Waals surface area contributed by atoms with Crippen molar-refractivity contribution in [2.24, 2.45) is 0 Å². The average Bonchev–Trinajstić information content (AvgIpc) is 2.58. The van der Waals surface area contributed by atoms with E-state index in [-0.39, 0.29) is 30.2 Å². The molecule has 5 N–H and O–H groups in total. The van der Waals surface area contributed by atoms with Crippen LogP contribution in [0.3, 0.4) is 0 Å². The maximum Gasteiger partial charge on any atom is 0.406 e. The van der Waals surface area contributed by atoms with Crippen LogP contribution in [-0.2, 0) is 42.0 Å². The summed E-state index contributed by atoms with van der Waals surface area (Å²) in [5.74, 6) is 7.78. The van der Waals surface area contributed by atoms with Gasteiger partial charge in [0, 0.05) is 105 Å². The minimum absolute atomic E-state index is 0.0312. The number of hydrogen-bond acceptors (Lipinski definition) is 16. The van der Waals surface area contributed by atoms with Crippen molar-refractivity contribution in [3.63, 3.8) is 0 Å². The lowest BCUT2D eigenvalue weighted by atomic mass is 9.86. The van der Waals surface area contributed by atoms with Gasteiger partial charge in [0.2, 0.25) is 5.91 Å². The number of halogens is 3. The quantitative estimate of drug-likeness (QED) is 0.0186. The first kappa shape index (κ1) is 62.8. The fraction of sp³-hybridized carbons (Fsp3) is 0.500. The van der Waals surface area contributed by atoms with Gasteiger partial charge in [0.25, 0.3) is 0 Å². The van der Waals surface area contributed by atoms with Crippen molar-refractivity contribution in [2.75, 3.05) is 148 Å². The molecule has 3 aliphatic rings. The molecule has 3 atom stereocenters. The Hall–Kier alpha value is -6.25. The van der Waals surface area contributed by atoms with Gasteiger partial charge >= 0.3 is 6.18 Å². The molecule has 83 heavy (non-hydrogen) atoms. The number of ether oxygens (including phenoxy) is 6. The maximum atomic E-state index is 14.0. The number of likely N-dealkylation sites (N-methyl/N-ethyl adjacent to an activating group) is 1. The van der Waals surface area contributed by atoms with Crippen molar-refractivity contribution in [3.8, 4) is 35.2 Å². The van der Waals surface area contributed by atoms with Crippen LogP contribution in [0, 0.1) is 23.2 Å². The minimum Gasteiger partial charge on any atom is -0.495 e. The molecule has 448 valence electrons. The van der Waals surface area contributed by atoms with Crippen LogP contribution in [0.5, 0.6) is 17.2 Å². The number of nitriles is 1. The number of anilines is 3. The van der Waals surface area contributed by atoms with Gasteiger partial charge in [-0.25, -0.2) is 12.8 Å². The highest BCUT2D eigenvalue weighted by Gasteiger charge is 2.31. The summed E-state index contributed by atoms with van der Waals surface area (Å²) in [4.78, 5) is 16.6. The lowest BCUT2D eigenvalue weighted by molar-refractivity contribution is -0.140. The molecule has 4 heterocycles. The van der Waals surface area contributed by atoms with Gasteiger partial charge in [-0.1, -0.05) is 24.1 Å². The number of amides is 1. The van der Waals surface area contributed by atoms with E-state index >= 15 is 0 Å². The summed E-state index contributed by atoms with van der Waals surface area (Å²) in [6.45, 7) is 12.3. The van der Waals surface area contributed by atoms with E-state index in [9.17, 15) is 27.4 Å². The number of hydrogen-bond donors (Lipinski definition) is 5. The highest BCUT2D eigenvalue weighted by Crippen LogP contribution is 2.35. The molecule has 5 aromatic rings. The summed E-state index contributed by atoms with van der Waals surface area (Å²) < 4.78 is 95.0. The zero-order valence-corrected chi connectivity index (χ0v) is 49.4. The molecule has 3 unspecified atom stereocenters. The monoisotopic (exact) mass is 1190 g/mol. The number of alkyl halides is 3. The number of rotatable bonds is 28. The molecule has 18 nitrogen and oxygen atoms in total. The van der Waals surface area contributed by atoms with E-state index in [1.54, 1.807) is 36.2 Å². The summed E-state index contributed by atoms with van der Waals surface area (Å²) in [7, 11) is 2.30. The Bertz CT molecular complexity index is 3060.